The van der Waals surface area contributed by atoms with Crippen LogP contribution in [-0.2, 0) is 0 Å². The summed E-state index contributed by atoms with van der Waals surface area (Å²) in [6.45, 7) is 1.16. The third-order valence-electron chi connectivity index (χ3n) is 2.03. The van der Waals surface area contributed by atoms with Crippen molar-refractivity contribution in [2.24, 2.45) is 10.9 Å². The number of ether oxygens (including phenoxy) is 2. The minimum Gasteiger partial charge on any atom is -0.486 e. The molecule has 86 valence electrons. The summed E-state index contributed by atoms with van der Waals surface area (Å²) in [5.74, 6) is 2.14. The molecule has 0 fully saturated rings. The number of fused-ring (bicyclic) bond motifs is 1. The first-order chi connectivity index (χ1) is 7.79. The van der Waals surface area contributed by atoms with E-state index in [1.54, 1.807) is 0 Å². The number of oxime groups is 1. The van der Waals surface area contributed by atoms with Gasteiger partial charge in [0.25, 0.3) is 0 Å². The van der Waals surface area contributed by atoms with Crippen LogP contribution in [0.5, 0.6) is 11.5 Å². The molecule has 0 saturated heterocycles. The van der Waals surface area contributed by atoms with Crippen molar-refractivity contribution in [3.8, 4) is 11.5 Å². The van der Waals surface area contributed by atoms with Crippen molar-refractivity contribution in [3.63, 3.8) is 0 Å². The van der Waals surface area contributed by atoms with Crippen LogP contribution in [-0.4, -0.2) is 30.0 Å². The largest absolute Gasteiger partial charge is 0.486 e. The standard InChI is InChI=1S/C10H12N2O3S/c11-10(12-13)6-16-7-1-2-8-9(5-7)15-4-3-14-8/h1-2,5,13H,3-4,6H2,(H2,11,12). The minimum absolute atomic E-state index is 0.194. The van der Waals surface area contributed by atoms with Gasteiger partial charge in [-0.15, -0.1) is 11.8 Å². The summed E-state index contributed by atoms with van der Waals surface area (Å²) in [6.07, 6.45) is 0. The van der Waals surface area contributed by atoms with Crippen molar-refractivity contribution >= 4 is 17.6 Å². The summed E-state index contributed by atoms with van der Waals surface area (Å²) in [4.78, 5) is 0.996. The third-order valence-corrected chi connectivity index (χ3v) is 3.06. The van der Waals surface area contributed by atoms with E-state index in [9.17, 15) is 0 Å². The summed E-state index contributed by atoms with van der Waals surface area (Å²) in [5.41, 5.74) is 5.38. The van der Waals surface area contributed by atoms with Gasteiger partial charge < -0.3 is 20.4 Å². The summed E-state index contributed by atoms with van der Waals surface area (Å²) < 4.78 is 10.9. The van der Waals surface area contributed by atoms with Gasteiger partial charge in [0.1, 0.15) is 19.0 Å². The van der Waals surface area contributed by atoms with Crippen molar-refractivity contribution in [3.05, 3.63) is 18.2 Å². The number of hydrogen-bond acceptors (Lipinski definition) is 5. The van der Waals surface area contributed by atoms with Gasteiger partial charge in [-0.3, -0.25) is 0 Å². The van der Waals surface area contributed by atoms with Crippen LogP contribution in [0.2, 0.25) is 0 Å². The normalized spacial score (nSPS) is 14.9. The van der Waals surface area contributed by atoms with Crippen LogP contribution in [0.3, 0.4) is 0 Å². The van der Waals surface area contributed by atoms with E-state index in [2.05, 4.69) is 5.16 Å². The van der Waals surface area contributed by atoms with E-state index in [1.807, 2.05) is 18.2 Å². The Morgan fingerprint density at radius 2 is 2.12 bits per heavy atom. The van der Waals surface area contributed by atoms with E-state index < -0.39 is 0 Å². The fraction of sp³-hybridized carbons (Fsp3) is 0.300. The van der Waals surface area contributed by atoms with Crippen molar-refractivity contribution in [2.45, 2.75) is 4.90 Å². The van der Waals surface area contributed by atoms with Gasteiger partial charge in [-0.05, 0) is 18.2 Å². The predicted molar refractivity (Wildman–Crippen MR) is 61.6 cm³/mol. The average molecular weight is 240 g/mol. The lowest BCUT2D eigenvalue weighted by Crippen LogP contribution is -2.15. The Kier molecular flexibility index (Phi) is 3.40. The molecular formula is C10H12N2O3S. The average Bonchev–Trinajstić information content (AvgIpc) is 2.35. The number of thioether (sulfide) groups is 1. The maximum atomic E-state index is 8.41. The first-order valence-corrected chi connectivity index (χ1v) is 5.77. The molecule has 0 aliphatic carbocycles. The Morgan fingerprint density at radius 3 is 2.88 bits per heavy atom. The molecule has 3 N–H and O–H groups in total. The zero-order valence-corrected chi connectivity index (χ0v) is 9.37. The molecular weight excluding hydrogens is 228 g/mol. The summed E-state index contributed by atoms with van der Waals surface area (Å²) in [7, 11) is 0. The second kappa shape index (κ2) is 4.98. The molecule has 0 bridgehead atoms. The number of rotatable bonds is 3. The fourth-order valence-corrected chi connectivity index (χ4v) is 2.03. The summed E-state index contributed by atoms with van der Waals surface area (Å²) >= 11 is 1.47. The smallest absolute Gasteiger partial charge is 0.162 e. The van der Waals surface area contributed by atoms with E-state index in [1.165, 1.54) is 11.8 Å². The van der Waals surface area contributed by atoms with Gasteiger partial charge >= 0.3 is 0 Å². The van der Waals surface area contributed by atoms with E-state index in [4.69, 9.17) is 20.4 Å². The van der Waals surface area contributed by atoms with Gasteiger partial charge in [-0.2, -0.15) is 0 Å². The molecule has 1 heterocycles. The molecule has 0 saturated carbocycles. The van der Waals surface area contributed by atoms with Crippen LogP contribution in [0.15, 0.2) is 28.3 Å². The predicted octanol–water partition coefficient (Wildman–Crippen LogP) is 1.30. The van der Waals surface area contributed by atoms with Gasteiger partial charge in [0, 0.05) is 4.90 Å². The first kappa shape index (κ1) is 10.9. The second-order valence-corrected chi connectivity index (χ2v) is 4.23. The Balaban J connectivity index is 2.05. The monoisotopic (exact) mass is 240 g/mol. The quantitative estimate of drug-likeness (QED) is 0.274. The molecule has 1 aliphatic heterocycles. The lowest BCUT2D eigenvalue weighted by molar-refractivity contribution is 0.171. The molecule has 16 heavy (non-hydrogen) atoms. The summed E-state index contributed by atoms with van der Waals surface area (Å²) in [5, 5.41) is 11.3. The van der Waals surface area contributed by atoms with Gasteiger partial charge in [-0.25, -0.2) is 0 Å². The highest BCUT2D eigenvalue weighted by Crippen LogP contribution is 2.33. The van der Waals surface area contributed by atoms with Gasteiger partial charge in [0.05, 0.1) is 5.75 Å². The molecule has 0 amide bonds. The number of nitrogens with zero attached hydrogens (tertiary/aromatic N) is 1. The topological polar surface area (TPSA) is 77.1 Å². The molecule has 0 radical (unpaired) electrons. The highest BCUT2D eigenvalue weighted by molar-refractivity contribution is 8.00. The zero-order valence-electron chi connectivity index (χ0n) is 8.55. The van der Waals surface area contributed by atoms with Crippen LogP contribution in [0, 0.1) is 0 Å². The first-order valence-electron chi connectivity index (χ1n) is 4.78. The maximum Gasteiger partial charge on any atom is 0.162 e. The number of nitrogens with two attached hydrogens (primary N) is 1. The van der Waals surface area contributed by atoms with Crippen LogP contribution < -0.4 is 15.2 Å². The molecule has 1 aromatic rings. The number of benzene rings is 1. The highest BCUT2D eigenvalue weighted by atomic mass is 32.2. The Hall–Kier alpha value is -1.56. The van der Waals surface area contributed by atoms with E-state index in [-0.39, 0.29) is 5.84 Å². The maximum absolute atomic E-state index is 8.41. The van der Waals surface area contributed by atoms with Crippen molar-refractivity contribution in [2.75, 3.05) is 19.0 Å². The van der Waals surface area contributed by atoms with Crippen molar-refractivity contribution in [1.29, 1.82) is 0 Å². The molecule has 1 aliphatic rings. The van der Waals surface area contributed by atoms with Crippen LogP contribution >= 0.6 is 11.8 Å². The molecule has 1 aromatic carbocycles. The van der Waals surface area contributed by atoms with Gasteiger partial charge in [0.2, 0.25) is 0 Å². The lowest BCUT2D eigenvalue weighted by atomic mass is 10.3. The number of amidine groups is 1. The molecule has 0 unspecified atom stereocenters. The van der Waals surface area contributed by atoms with Gasteiger partial charge in [0.15, 0.2) is 11.5 Å². The molecule has 0 aromatic heterocycles. The molecule has 5 nitrogen and oxygen atoms in total. The second-order valence-electron chi connectivity index (χ2n) is 3.19. The number of hydrogen-bond donors (Lipinski definition) is 2. The summed E-state index contributed by atoms with van der Waals surface area (Å²) in [6, 6.07) is 5.68. The third kappa shape index (κ3) is 2.52. The van der Waals surface area contributed by atoms with E-state index >= 15 is 0 Å². The Bertz CT molecular complexity index is 409. The van der Waals surface area contributed by atoms with Crippen LogP contribution in [0.4, 0.5) is 0 Å². The fourth-order valence-electron chi connectivity index (χ4n) is 1.30. The highest BCUT2D eigenvalue weighted by Gasteiger charge is 2.11. The zero-order chi connectivity index (χ0) is 11.4. The van der Waals surface area contributed by atoms with Crippen LogP contribution in [0.25, 0.3) is 0 Å². The van der Waals surface area contributed by atoms with Crippen LogP contribution in [0.1, 0.15) is 0 Å². The molecule has 0 spiro atoms. The van der Waals surface area contributed by atoms with Crippen molar-refractivity contribution < 1.29 is 14.7 Å². The van der Waals surface area contributed by atoms with E-state index in [0.717, 1.165) is 16.4 Å². The Labute approximate surface area is 97.2 Å². The van der Waals surface area contributed by atoms with Crippen molar-refractivity contribution in [1.82, 2.24) is 0 Å². The molecule has 2 rings (SSSR count). The minimum atomic E-state index is 0.194. The molecule has 0 atom stereocenters. The van der Waals surface area contributed by atoms with E-state index in [0.29, 0.717) is 19.0 Å². The lowest BCUT2D eigenvalue weighted by Gasteiger charge is -2.18. The molecule has 6 heteroatoms. The Morgan fingerprint density at radius 1 is 1.38 bits per heavy atom. The SMILES string of the molecule is N/C(CSc1ccc2c(c1)OCCO2)=N/O. The van der Waals surface area contributed by atoms with Gasteiger partial charge in [-0.1, -0.05) is 5.16 Å².